The highest BCUT2D eigenvalue weighted by Crippen LogP contribution is 2.35. The molecule has 1 saturated carbocycles. The van der Waals surface area contributed by atoms with Crippen molar-refractivity contribution in [3.63, 3.8) is 0 Å². The summed E-state index contributed by atoms with van der Waals surface area (Å²) in [6.45, 7) is 0.836. The van der Waals surface area contributed by atoms with Gasteiger partial charge in [0.05, 0.1) is 19.7 Å². The van der Waals surface area contributed by atoms with E-state index in [4.69, 9.17) is 10.5 Å². The van der Waals surface area contributed by atoms with Crippen molar-refractivity contribution in [2.45, 2.75) is 31.7 Å². The van der Waals surface area contributed by atoms with E-state index in [1.165, 1.54) is 25.7 Å². The van der Waals surface area contributed by atoms with Gasteiger partial charge in [0.1, 0.15) is 5.75 Å². The van der Waals surface area contributed by atoms with Crippen molar-refractivity contribution in [3.05, 3.63) is 24.3 Å². The van der Waals surface area contributed by atoms with Crippen LogP contribution in [0.1, 0.15) is 25.7 Å². The first kappa shape index (κ1) is 12.3. The number of benzene rings is 1. The molecule has 1 aromatic rings. The summed E-state index contributed by atoms with van der Waals surface area (Å²) >= 11 is 0. The second kappa shape index (κ2) is 5.11. The molecule has 19 heavy (non-hydrogen) atoms. The topological polar surface area (TPSA) is 50.9 Å². The number of nitrogens with two attached hydrogens (primary N) is 1. The van der Waals surface area contributed by atoms with Crippen LogP contribution in [-0.2, 0) is 0 Å². The minimum absolute atomic E-state index is 0.441. The van der Waals surface area contributed by atoms with E-state index in [1.54, 1.807) is 7.11 Å². The van der Waals surface area contributed by atoms with Gasteiger partial charge in [-0.05, 0) is 43.0 Å². The predicted molar refractivity (Wildman–Crippen MR) is 77.7 cm³/mol. The molecule has 1 heterocycles. The van der Waals surface area contributed by atoms with Gasteiger partial charge in [0.15, 0.2) is 5.96 Å². The highest BCUT2D eigenvalue weighted by Gasteiger charge is 2.35. The fourth-order valence-electron chi connectivity index (χ4n) is 3.28. The summed E-state index contributed by atoms with van der Waals surface area (Å²) in [5, 5.41) is 0. The summed E-state index contributed by atoms with van der Waals surface area (Å²) in [5.41, 5.74) is 7.21. The molecule has 4 heteroatoms. The standard InChI is InChI=1S/C15H21N3O/c1-19-13-8-6-12(7-9-13)18-14(10-17-15(18)16)11-4-2-3-5-11/h6-9,11,14H,2-5,10H2,1H3,(H2,16,17). The molecule has 0 aromatic heterocycles. The number of hydrogen-bond acceptors (Lipinski definition) is 4. The molecule has 102 valence electrons. The molecule has 2 N–H and O–H groups in total. The van der Waals surface area contributed by atoms with Gasteiger partial charge in [-0.2, -0.15) is 0 Å². The molecule has 0 amide bonds. The Balaban J connectivity index is 1.84. The predicted octanol–water partition coefficient (Wildman–Crippen LogP) is 2.39. The molecule has 1 aromatic carbocycles. The molecule has 1 unspecified atom stereocenters. The number of guanidine groups is 1. The number of rotatable bonds is 3. The van der Waals surface area contributed by atoms with Crippen LogP contribution in [0, 0.1) is 5.92 Å². The maximum atomic E-state index is 6.08. The van der Waals surface area contributed by atoms with Crippen molar-refractivity contribution in [1.29, 1.82) is 0 Å². The van der Waals surface area contributed by atoms with E-state index in [0.717, 1.165) is 23.9 Å². The van der Waals surface area contributed by atoms with Crippen LogP contribution in [0.5, 0.6) is 5.75 Å². The van der Waals surface area contributed by atoms with Crippen LogP contribution in [0.2, 0.25) is 0 Å². The smallest absolute Gasteiger partial charge is 0.196 e. The molecule has 3 rings (SSSR count). The van der Waals surface area contributed by atoms with Crippen LogP contribution in [0.3, 0.4) is 0 Å². The number of hydrogen-bond donors (Lipinski definition) is 1. The van der Waals surface area contributed by atoms with Gasteiger partial charge in [0.2, 0.25) is 0 Å². The molecule has 0 spiro atoms. The van der Waals surface area contributed by atoms with E-state index in [9.17, 15) is 0 Å². The van der Waals surface area contributed by atoms with Crippen LogP contribution >= 0.6 is 0 Å². The second-order valence-corrected chi connectivity index (χ2v) is 5.38. The summed E-state index contributed by atoms with van der Waals surface area (Å²) < 4.78 is 5.21. The summed E-state index contributed by atoms with van der Waals surface area (Å²) in [4.78, 5) is 6.66. The number of nitrogens with zero attached hydrogens (tertiary/aromatic N) is 2. The molecular weight excluding hydrogens is 238 g/mol. The van der Waals surface area contributed by atoms with E-state index in [1.807, 2.05) is 12.1 Å². The third kappa shape index (κ3) is 2.27. The van der Waals surface area contributed by atoms with Gasteiger partial charge in [-0.1, -0.05) is 12.8 Å². The molecular formula is C15H21N3O. The Morgan fingerprint density at radius 2 is 1.89 bits per heavy atom. The number of methoxy groups -OCH3 is 1. The van der Waals surface area contributed by atoms with Gasteiger partial charge in [-0.3, -0.25) is 4.99 Å². The van der Waals surface area contributed by atoms with Crippen molar-refractivity contribution in [3.8, 4) is 5.75 Å². The second-order valence-electron chi connectivity index (χ2n) is 5.38. The first-order valence-electron chi connectivity index (χ1n) is 7.03. The molecule has 0 saturated heterocycles. The highest BCUT2D eigenvalue weighted by molar-refractivity contribution is 5.97. The first-order valence-corrected chi connectivity index (χ1v) is 7.03. The van der Waals surface area contributed by atoms with Crippen LogP contribution in [0.4, 0.5) is 5.69 Å². The first-order chi connectivity index (χ1) is 9.29. The van der Waals surface area contributed by atoms with E-state index >= 15 is 0 Å². The van der Waals surface area contributed by atoms with Crippen LogP contribution < -0.4 is 15.4 Å². The maximum absolute atomic E-state index is 6.08. The minimum atomic E-state index is 0.441. The van der Waals surface area contributed by atoms with Gasteiger partial charge >= 0.3 is 0 Å². The van der Waals surface area contributed by atoms with E-state index in [-0.39, 0.29) is 0 Å². The number of aliphatic imine (C=N–C) groups is 1. The Morgan fingerprint density at radius 1 is 1.21 bits per heavy atom. The van der Waals surface area contributed by atoms with Gasteiger partial charge < -0.3 is 15.4 Å². The molecule has 1 aliphatic carbocycles. The number of ether oxygens (including phenoxy) is 1. The zero-order chi connectivity index (χ0) is 13.2. The van der Waals surface area contributed by atoms with Gasteiger partial charge in [-0.25, -0.2) is 0 Å². The fraction of sp³-hybridized carbons (Fsp3) is 0.533. The SMILES string of the molecule is COc1ccc(N2C(N)=NCC2C2CCCC2)cc1. The van der Waals surface area contributed by atoms with Crippen molar-refractivity contribution < 1.29 is 4.74 Å². The van der Waals surface area contributed by atoms with Crippen molar-refractivity contribution in [2.24, 2.45) is 16.6 Å². The van der Waals surface area contributed by atoms with Gasteiger partial charge in [-0.15, -0.1) is 0 Å². The monoisotopic (exact) mass is 259 g/mol. The van der Waals surface area contributed by atoms with E-state index in [0.29, 0.717) is 12.0 Å². The van der Waals surface area contributed by atoms with Crippen molar-refractivity contribution in [1.82, 2.24) is 0 Å². The highest BCUT2D eigenvalue weighted by atomic mass is 16.5. The van der Waals surface area contributed by atoms with Crippen LogP contribution in [0.15, 0.2) is 29.3 Å². The lowest BCUT2D eigenvalue weighted by atomic mass is 9.97. The lowest BCUT2D eigenvalue weighted by molar-refractivity contribution is 0.414. The Hall–Kier alpha value is -1.71. The zero-order valence-electron chi connectivity index (χ0n) is 11.4. The van der Waals surface area contributed by atoms with Crippen molar-refractivity contribution in [2.75, 3.05) is 18.6 Å². The molecule has 2 aliphatic rings. The third-order valence-electron chi connectivity index (χ3n) is 4.31. The zero-order valence-corrected chi connectivity index (χ0v) is 11.4. The Labute approximate surface area is 114 Å². The minimum Gasteiger partial charge on any atom is -0.497 e. The summed E-state index contributed by atoms with van der Waals surface area (Å²) in [6.07, 6.45) is 5.30. The molecule has 0 radical (unpaired) electrons. The number of anilines is 1. The molecule has 4 nitrogen and oxygen atoms in total. The molecule has 1 atom stereocenters. The Bertz CT molecular complexity index is 463. The quantitative estimate of drug-likeness (QED) is 0.906. The van der Waals surface area contributed by atoms with E-state index < -0.39 is 0 Å². The molecule has 1 aliphatic heterocycles. The Kier molecular flexibility index (Phi) is 3.32. The molecule has 1 fully saturated rings. The van der Waals surface area contributed by atoms with Gasteiger partial charge in [0.25, 0.3) is 0 Å². The fourth-order valence-corrected chi connectivity index (χ4v) is 3.28. The van der Waals surface area contributed by atoms with Crippen LogP contribution in [0.25, 0.3) is 0 Å². The largest absolute Gasteiger partial charge is 0.497 e. The third-order valence-corrected chi connectivity index (χ3v) is 4.31. The molecule has 0 bridgehead atoms. The van der Waals surface area contributed by atoms with Gasteiger partial charge in [0, 0.05) is 5.69 Å². The Morgan fingerprint density at radius 3 is 2.53 bits per heavy atom. The summed E-state index contributed by atoms with van der Waals surface area (Å²) in [5.74, 6) is 2.25. The summed E-state index contributed by atoms with van der Waals surface area (Å²) in [6, 6.07) is 8.53. The normalized spacial score (nSPS) is 23.7. The van der Waals surface area contributed by atoms with Crippen LogP contribution in [-0.4, -0.2) is 25.7 Å². The lowest BCUT2D eigenvalue weighted by Crippen LogP contribution is -2.44. The lowest BCUT2D eigenvalue weighted by Gasteiger charge is -2.30. The van der Waals surface area contributed by atoms with Crippen molar-refractivity contribution >= 4 is 11.6 Å². The average Bonchev–Trinajstić information content (AvgIpc) is 3.08. The average molecular weight is 259 g/mol. The summed E-state index contributed by atoms with van der Waals surface area (Å²) in [7, 11) is 1.68. The van der Waals surface area contributed by atoms with E-state index in [2.05, 4.69) is 22.0 Å². The maximum Gasteiger partial charge on any atom is 0.196 e.